The van der Waals surface area contributed by atoms with Crippen LogP contribution in [0.5, 0.6) is 0 Å². The Morgan fingerprint density at radius 2 is 1.00 bits per heavy atom. The first-order valence-electron chi connectivity index (χ1n) is 13.4. The maximum absolute atomic E-state index is 12.4. The summed E-state index contributed by atoms with van der Waals surface area (Å²) in [5.74, 6) is 0.242. The first-order chi connectivity index (χ1) is 17.4. The van der Waals surface area contributed by atoms with Gasteiger partial charge in [-0.15, -0.1) is 0 Å². The number of ketones is 2. The van der Waals surface area contributed by atoms with Gasteiger partial charge in [0.15, 0.2) is 0 Å². The fraction of sp³-hybridized carbons (Fsp3) is 0.889. The van der Waals surface area contributed by atoms with Gasteiger partial charge in [0.25, 0.3) is 0 Å². The summed E-state index contributed by atoms with van der Waals surface area (Å²) >= 11 is 0. The van der Waals surface area contributed by atoms with Gasteiger partial charge >= 0.3 is 0 Å². The second kappa shape index (κ2) is 25.3. The highest BCUT2D eigenvalue weighted by Gasteiger charge is 2.37. The molecule has 0 atom stereocenters. The van der Waals surface area contributed by atoms with Crippen LogP contribution in [-0.2, 0) is 38.1 Å². The number of hydrogen-bond acceptors (Lipinski definition) is 8. The molecule has 0 saturated carbocycles. The highest BCUT2D eigenvalue weighted by molar-refractivity contribution is 5.80. The topological polar surface area (TPSA) is 101 Å². The number of likely N-dealkylation sites (tertiary alicyclic amines) is 1. The van der Waals surface area contributed by atoms with Crippen LogP contribution in [-0.4, -0.2) is 102 Å². The third-order valence-corrected chi connectivity index (χ3v) is 5.43. The van der Waals surface area contributed by atoms with E-state index in [9.17, 15) is 14.4 Å². The molecule has 1 aliphatic rings. The second-order valence-corrected chi connectivity index (χ2v) is 8.33. The fourth-order valence-corrected chi connectivity index (χ4v) is 3.92. The maximum atomic E-state index is 12.4. The summed E-state index contributed by atoms with van der Waals surface area (Å²) < 4.78 is 26.5. The van der Waals surface area contributed by atoms with Gasteiger partial charge < -0.3 is 38.2 Å². The van der Waals surface area contributed by atoms with Gasteiger partial charge in [-0.2, -0.15) is 0 Å². The standard InChI is InChI=1S/C23H41NO8.2C2H6/c1-20(25)18-23(19-21(2)26)5-7-24(8-6-23)22(27)4-9-29-12-13-31-16-17-32-15-14-30-11-10-28-3;2*1-2/h4-19H2,1-3H3;2*1-2H3. The highest BCUT2D eigenvalue weighted by atomic mass is 16.6. The van der Waals surface area contributed by atoms with Crippen molar-refractivity contribution in [2.75, 3.05) is 79.7 Å². The van der Waals surface area contributed by atoms with Crippen molar-refractivity contribution in [3.63, 3.8) is 0 Å². The number of carbonyl (C=O) groups excluding carboxylic acids is 3. The number of amides is 1. The molecule has 214 valence electrons. The van der Waals surface area contributed by atoms with E-state index in [1.165, 1.54) is 0 Å². The van der Waals surface area contributed by atoms with Crippen LogP contribution in [0.3, 0.4) is 0 Å². The largest absolute Gasteiger partial charge is 0.382 e. The van der Waals surface area contributed by atoms with E-state index in [2.05, 4.69) is 0 Å². The molecule has 1 heterocycles. The summed E-state index contributed by atoms with van der Waals surface area (Å²) in [6.45, 7) is 16.7. The molecule has 1 amide bonds. The third-order valence-electron chi connectivity index (χ3n) is 5.43. The number of piperidine rings is 1. The zero-order valence-corrected chi connectivity index (χ0v) is 24.0. The van der Waals surface area contributed by atoms with Crippen LogP contribution < -0.4 is 0 Å². The molecule has 0 spiro atoms. The van der Waals surface area contributed by atoms with Crippen LogP contribution in [0, 0.1) is 5.41 Å². The van der Waals surface area contributed by atoms with E-state index in [-0.39, 0.29) is 22.9 Å². The number of ether oxygens (including phenoxy) is 5. The molecule has 0 N–H and O–H groups in total. The molecule has 36 heavy (non-hydrogen) atoms. The zero-order chi connectivity index (χ0) is 27.7. The molecule has 0 aromatic carbocycles. The van der Waals surface area contributed by atoms with Crippen molar-refractivity contribution >= 4 is 17.5 Å². The van der Waals surface area contributed by atoms with Crippen LogP contribution in [0.2, 0.25) is 0 Å². The van der Waals surface area contributed by atoms with E-state index < -0.39 is 0 Å². The smallest absolute Gasteiger partial charge is 0.224 e. The molecule has 0 aliphatic carbocycles. The van der Waals surface area contributed by atoms with Crippen molar-refractivity contribution in [3.8, 4) is 0 Å². The van der Waals surface area contributed by atoms with E-state index in [4.69, 9.17) is 23.7 Å². The fourth-order valence-electron chi connectivity index (χ4n) is 3.92. The van der Waals surface area contributed by atoms with Gasteiger partial charge in [-0.3, -0.25) is 4.79 Å². The maximum Gasteiger partial charge on any atom is 0.224 e. The molecular formula is C27H53NO8. The number of nitrogens with zero attached hydrogens (tertiary/aromatic N) is 1. The summed E-state index contributed by atoms with van der Waals surface area (Å²) in [5, 5.41) is 0. The lowest BCUT2D eigenvalue weighted by atomic mass is 9.71. The van der Waals surface area contributed by atoms with Crippen LogP contribution in [0.1, 0.15) is 73.6 Å². The minimum atomic E-state index is -0.289. The van der Waals surface area contributed by atoms with Crippen molar-refractivity contribution < 1.29 is 38.1 Å². The van der Waals surface area contributed by atoms with Crippen LogP contribution in [0.15, 0.2) is 0 Å². The van der Waals surface area contributed by atoms with Crippen molar-refractivity contribution in [3.05, 3.63) is 0 Å². The van der Waals surface area contributed by atoms with Crippen molar-refractivity contribution in [1.29, 1.82) is 0 Å². The third kappa shape index (κ3) is 19.8. The minimum absolute atomic E-state index is 0.0475. The molecule has 1 saturated heterocycles. The minimum Gasteiger partial charge on any atom is -0.382 e. The first kappa shape index (κ1) is 36.8. The lowest BCUT2D eigenvalue weighted by Gasteiger charge is -2.41. The van der Waals surface area contributed by atoms with E-state index in [1.54, 1.807) is 21.0 Å². The van der Waals surface area contributed by atoms with Gasteiger partial charge in [0.1, 0.15) is 11.6 Å². The Bertz CT molecular complexity index is 530. The van der Waals surface area contributed by atoms with Gasteiger partial charge in [-0.25, -0.2) is 0 Å². The number of hydrogen-bond donors (Lipinski definition) is 0. The van der Waals surface area contributed by atoms with Crippen LogP contribution in [0.25, 0.3) is 0 Å². The molecule has 0 aromatic heterocycles. The lowest BCUT2D eigenvalue weighted by molar-refractivity contribution is -0.135. The van der Waals surface area contributed by atoms with Gasteiger partial charge in [0, 0.05) is 33.0 Å². The Kier molecular flexibility index (Phi) is 25.8. The number of rotatable bonds is 19. The average molecular weight is 520 g/mol. The molecule has 1 rings (SSSR count). The zero-order valence-electron chi connectivity index (χ0n) is 24.0. The van der Waals surface area contributed by atoms with Crippen molar-refractivity contribution in [2.24, 2.45) is 5.41 Å². The molecule has 1 fully saturated rings. The Morgan fingerprint density at radius 3 is 1.36 bits per heavy atom. The lowest BCUT2D eigenvalue weighted by Crippen LogP contribution is -2.44. The van der Waals surface area contributed by atoms with Crippen molar-refractivity contribution in [1.82, 2.24) is 4.90 Å². The van der Waals surface area contributed by atoms with E-state index >= 15 is 0 Å². The van der Waals surface area contributed by atoms with Gasteiger partial charge in [-0.05, 0) is 32.1 Å². The van der Waals surface area contributed by atoms with Crippen LogP contribution >= 0.6 is 0 Å². The summed E-state index contributed by atoms with van der Waals surface area (Å²) in [5.41, 5.74) is -0.289. The molecular weight excluding hydrogens is 466 g/mol. The predicted molar refractivity (Wildman–Crippen MR) is 141 cm³/mol. The second-order valence-electron chi connectivity index (χ2n) is 8.33. The first-order valence-corrected chi connectivity index (χ1v) is 13.4. The van der Waals surface area contributed by atoms with E-state index in [0.29, 0.717) is 105 Å². The normalized spacial score (nSPS) is 14.2. The van der Waals surface area contributed by atoms with E-state index in [1.807, 2.05) is 32.6 Å². The molecule has 9 nitrogen and oxygen atoms in total. The summed E-state index contributed by atoms with van der Waals surface area (Å²) in [6, 6.07) is 0. The average Bonchev–Trinajstić information content (AvgIpc) is 2.86. The molecule has 0 radical (unpaired) electrons. The number of methoxy groups -OCH3 is 1. The van der Waals surface area contributed by atoms with Gasteiger partial charge in [0.05, 0.1) is 65.9 Å². The summed E-state index contributed by atoms with van der Waals surface area (Å²) in [6.07, 6.45) is 2.51. The molecule has 0 unspecified atom stereocenters. The highest BCUT2D eigenvalue weighted by Crippen LogP contribution is 2.39. The molecule has 9 heteroatoms. The predicted octanol–water partition coefficient (Wildman–Crippen LogP) is 3.71. The number of carbonyl (C=O) groups is 3. The molecule has 0 bridgehead atoms. The quantitative estimate of drug-likeness (QED) is 0.238. The Labute approximate surface area is 219 Å². The van der Waals surface area contributed by atoms with Gasteiger partial charge in [-0.1, -0.05) is 27.7 Å². The Morgan fingerprint density at radius 1 is 0.639 bits per heavy atom. The SMILES string of the molecule is CC.CC.COCCOCCOCCOCCOCCC(=O)N1CCC(CC(C)=O)(CC(C)=O)CC1. The Balaban J connectivity index is 0. The van der Waals surface area contributed by atoms with Gasteiger partial charge in [0.2, 0.25) is 5.91 Å². The summed E-state index contributed by atoms with van der Waals surface area (Å²) in [7, 11) is 1.63. The summed E-state index contributed by atoms with van der Waals surface area (Å²) in [4.78, 5) is 37.5. The number of Topliss-reactive ketones (excluding diaryl/α,β-unsaturated/α-hetero) is 2. The Hall–Kier alpha value is -1.39. The monoisotopic (exact) mass is 519 g/mol. The van der Waals surface area contributed by atoms with Crippen LogP contribution in [0.4, 0.5) is 0 Å². The van der Waals surface area contributed by atoms with E-state index in [0.717, 1.165) is 0 Å². The molecule has 1 aliphatic heterocycles. The van der Waals surface area contributed by atoms with Crippen molar-refractivity contribution in [2.45, 2.75) is 73.6 Å². The molecule has 0 aromatic rings.